The fourth-order valence-electron chi connectivity index (χ4n) is 4.93. The molecule has 0 aliphatic heterocycles. The van der Waals surface area contributed by atoms with Gasteiger partial charge in [-0.15, -0.1) is 0 Å². The van der Waals surface area contributed by atoms with E-state index in [0.717, 1.165) is 38.5 Å². The molecule has 0 radical (unpaired) electrons. The van der Waals surface area contributed by atoms with Gasteiger partial charge in [-0.3, -0.25) is 0 Å². The van der Waals surface area contributed by atoms with Crippen molar-refractivity contribution in [2.45, 2.75) is 142 Å². The number of hydrogen-bond acceptors (Lipinski definition) is 5. The Morgan fingerprint density at radius 2 is 0.805 bits per heavy atom. The second-order valence-corrected chi connectivity index (χ2v) is 11.1. The number of para-hydroxylation sites is 2. The summed E-state index contributed by atoms with van der Waals surface area (Å²) in [5.74, 6) is -0.0891. The summed E-state index contributed by atoms with van der Waals surface area (Å²) in [4.78, 5) is 26.5. The van der Waals surface area contributed by atoms with Crippen LogP contribution >= 0.6 is 0 Å². The largest absolute Gasteiger partial charge is 0.479 e. The third-order valence-corrected chi connectivity index (χ3v) is 7.41. The summed E-state index contributed by atoms with van der Waals surface area (Å²) in [6.45, 7) is 4.45. The molecular formula is C36H54O5. The number of unbranched alkanes of at least 4 members (excludes halogenated alkanes) is 14. The van der Waals surface area contributed by atoms with Gasteiger partial charge in [0.25, 0.3) is 0 Å². The van der Waals surface area contributed by atoms with Gasteiger partial charge in [-0.1, -0.05) is 140 Å². The van der Waals surface area contributed by atoms with E-state index in [1.54, 1.807) is 0 Å². The molecule has 2 aromatic carbocycles. The summed E-state index contributed by atoms with van der Waals surface area (Å²) in [6, 6.07) is 18.6. The molecule has 0 heterocycles. The smallest absolute Gasteiger partial charge is 0.355 e. The first kappa shape index (κ1) is 34.4. The number of hydrogen-bond donors (Lipinski definition) is 0. The first-order chi connectivity index (χ1) is 20.1. The molecule has 5 heteroatoms. The van der Waals surface area contributed by atoms with Gasteiger partial charge < -0.3 is 14.2 Å². The van der Waals surface area contributed by atoms with Gasteiger partial charge in [0.2, 0.25) is 0 Å². The Kier molecular flexibility index (Phi) is 19.1. The Balaban J connectivity index is 1.92. The van der Waals surface area contributed by atoms with Crippen LogP contribution < -0.4 is 9.47 Å². The van der Waals surface area contributed by atoms with Crippen molar-refractivity contribution >= 4 is 11.9 Å². The SMILES string of the molecule is CCCCCCCCCCC(Oc1ccccc1)C(=O)OC(=O)C(CCCCCCCCCC)Oc1ccccc1. The summed E-state index contributed by atoms with van der Waals surface area (Å²) in [5.41, 5.74) is 0. The maximum absolute atomic E-state index is 13.2. The maximum atomic E-state index is 13.2. The number of rotatable bonds is 24. The molecule has 0 aliphatic carbocycles. The van der Waals surface area contributed by atoms with Crippen molar-refractivity contribution in [1.82, 2.24) is 0 Å². The van der Waals surface area contributed by atoms with E-state index in [-0.39, 0.29) is 0 Å². The minimum atomic E-state index is -0.832. The molecule has 0 spiro atoms. The Morgan fingerprint density at radius 3 is 1.15 bits per heavy atom. The summed E-state index contributed by atoms with van der Waals surface area (Å²) in [6.07, 6.45) is 18.0. The zero-order valence-corrected chi connectivity index (χ0v) is 25.7. The van der Waals surface area contributed by atoms with Gasteiger partial charge in [-0.2, -0.15) is 0 Å². The van der Waals surface area contributed by atoms with Crippen LogP contribution in [0, 0.1) is 0 Å². The fraction of sp³-hybridized carbons (Fsp3) is 0.611. The molecular weight excluding hydrogens is 512 g/mol. The highest BCUT2D eigenvalue weighted by Crippen LogP contribution is 2.20. The fourth-order valence-corrected chi connectivity index (χ4v) is 4.93. The molecule has 0 N–H and O–H groups in total. The zero-order valence-electron chi connectivity index (χ0n) is 25.7. The minimum Gasteiger partial charge on any atom is -0.479 e. The summed E-state index contributed by atoms with van der Waals surface area (Å²) < 4.78 is 17.5. The first-order valence-electron chi connectivity index (χ1n) is 16.3. The third-order valence-electron chi connectivity index (χ3n) is 7.41. The van der Waals surface area contributed by atoms with Gasteiger partial charge in [0.15, 0.2) is 12.2 Å². The molecule has 0 aromatic heterocycles. The van der Waals surface area contributed by atoms with Crippen molar-refractivity contribution in [3.05, 3.63) is 60.7 Å². The molecule has 2 atom stereocenters. The minimum absolute atomic E-state index is 0.512. The average Bonchev–Trinajstić information content (AvgIpc) is 2.99. The third kappa shape index (κ3) is 16.3. The highest BCUT2D eigenvalue weighted by Gasteiger charge is 2.30. The van der Waals surface area contributed by atoms with Crippen LogP contribution in [-0.4, -0.2) is 24.1 Å². The number of ether oxygens (including phenoxy) is 3. The average molecular weight is 567 g/mol. The Hall–Kier alpha value is -2.82. The van der Waals surface area contributed by atoms with E-state index in [4.69, 9.17) is 14.2 Å². The molecule has 2 aromatic rings. The molecule has 0 saturated heterocycles. The van der Waals surface area contributed by atoms with Crippen molar-refractivity contribution in [3.8, 4) is 11.5 Å². The molecule has 0 amide bonds. The molecule has 5 nitrogen and oxygen atoms in total. The lowest BCUT2D eigenvalue weighted by molar-refractivity contribution is -0.170. The highest BCUT2D eigenvalue weighted by atomic mass is 16.6. The van der Waals surface area contributed by atoms with Gasteiger partial charge in [-0.05, 0) is 49.9 Å². The monoisotopic (exact) mass is 566 g/mol. The van der Waals surface area contributed by atoms with E-state index < -0.39 is 24.1 Å². The molecule has 41 heavy (non-hydrogen) atoms. The van der Waals surface area contributed by atoms with Crippen LogP contribution in [0.4, 0.5) is 0 Å². The van der Waals surface area contributed by atoms with Crippen LogP contribution in [0.15, 0.2) is 60.7 Å². The molecule has 0 saturated carbocycles. The van der Waals surface area contributed by atoms with E-state index in [9.17, 15) is 9.59 Å². The van der Waals surface area contributed by atoms with E-state index in [1.165, 1.54) is 64.2 Å². The van der Waals surface area contributed by atoms with Crippen LogP contribution in [0.3, 0.4) is 0 Å². The van der Waals surface area contributed by atoms with E-state index >= 15 is 0 Å². The number of carbonyl (C=O) groups is 2. The lowest BCUT2D eigenvalue weighted by Crippen LogP contribution is -2.37. The molecule has 2 rings (SSSR count). The van der Waals surface area contributed by atoms with Crippen molar-refractivity contribution in [3.63, 3.8) is 0 Å². The lowest BCUT2D eigenvalue weighted by Gasteiger charge is -2.21. The molecule has 0 fully saturated rings. The van der Waals surface area contributed by atoms with Crippen LogP contribution in [0.2, 0.25) is 0 Å². The van der Waals surface area contributed by atoms with E-state index in [0.29, 0.717) is 24.3 Å². The number of carbonyl (C=O) groups excluding carboxylic acids is 2. The topological polar surface area (TPSA) is 61.8 Å². The van der Waals surface area contributed by atoms with Crippen LogP contribution in [0.1, 0.15) is 129 Å². The quantitative estimate of drug-likeness (QED) is 0.0719. The predicted molar refractivity (Wildman–Crippen MR) is 167 cm³/mol. The Bertz CT molecular complexity index is 839. The van der Waals surface area contributed by atoms with Crippen molar-refractivity contribution < 1.29 is 23.8 Å². The molecule has 0 aliphatic rings. The van der Waals surface area contributed by atoms with Gasteiger partial charge >= 0.3 is 11.9 Å². The molecule has 2 unspecified atom stereocenters. The van der Waals surface area contributed by atoms with Crippen molar-refractivity contribution in [2.75, 3.05) is 0 Å². The van der Waals surface area contributed by atoms with Crippen molar-refractivity contribution in [1.29, 1.82) is 0 Å². The van der Waals surface area contributed by atoms with Crippen molar-refractivity contribution in [2.24, 2.45) is 0 Å². The highest BCUT2D eigenvalue weighted by molar-refractivity contribution is 5.90. The number of benzene rings is 2. The Labute approximate surface area is 249 Å². The van der Waals surface area contributed by atoms with Crippen LogP contribution in [-0.2, 0) is 14.3 Å². The van der Waals surface area contributed by atoms with E-state index in [1.807, 2.05) is 60.7 Å². The summed E-state index contributed by atoms with van der Waals surface area (Å²) >= 11 is 0. The molecule has 0 bridgehead atoms. The van der Waals surface area contributed by atoms with E-state index in [2.05, 4.69) is 13.8 Å². The maximum Gasteiger partial charge on any atom is 0.355 e. The normalized spacial score (nSPS) is 12.4. The van der Waals surface area contributed by atoms with Crippen LogP contribution in [0.25, 0.3) is 0 Å². The first-order valence-corrected chi connectivity index (χ1v) is 16.3. The zero-order chi connectivity index (χ0) is 29.4. The predicted octanol–water partition coefficient (Wildman–Crippen LogP) is 10.0. The summed E-state index contributed by atoms with van der Waals surface area (Å²) in [7, 11) is 0. The second kappa shape index (κ2) is 22.8. The van der Waals surface area contributed by atoms with Gasteiger partial charge in [0.05, 0.1) is 0 Å². The second-order valence-electron chi connectivity index (χ2n) is 11.1. The summed E-state index contributed by atoms with van der Waals surface area (Å²) in [5, 5.41) is 0. The van der Waals surface area contributed by atoms with Gasteiger partial charge in [-0.25, -0.2) is 9.59 Å². The lowest BCUT2D eigenvalue weighted by atomic mass is 10.1. The molecule has 228 valence electrons. The van der Waals surface area contributed by atoms with Crippen LogP contribution in [0.5, 0.6) is 11.5 Å². The van der Waals surface area contributed by atoms with Gasteiger partial charge in [0, 0.05) is 0 Å². The van der Waals surface area contributed by atoms with Gasteiger partial charge in [0.1, 0.15) is 11.5 Å². The number of esters is 2. The Morgan fingerprint density at radius 1 is 0.488 bits per heavy atom. The standard InChI is InChI=1S/C36H54O5/c1-3-5-7-9-11-13-15-23-29-33(39-31-25-19-17-20-26-31)35(37)41-36(38)34(40-32-27-21-18-22-28-32)30-24-16-14-12-10-8-6-4-2/h17-22,25-28,33-34H,3-16,23-24,29-30H2,1-2H3.